The molecular formula is C26H20BrN3O3. The van der Waals surface area contributed by atoms with E-state index in [9.17, 15) is 14.7 Å². The second-order valence-electron chi connectivity index (χ2n) is 7.92. The number of hydrogen-bond donors (Lipinski definition) is 2. The number of carboxylic acid groups (broad SMARTS) is 1. The molecule has 1 aromatic heterocycles. The minimum Gasteiger partial charge on any atom is -0.480 e. The van der Waals surface area contributed by atoms with Crippen LogP contribution >= 0.6 is 15.9 Å². The SMILES string of the molecule is O=C(O)Cn1cc(C2=N[C@@H](c3ccccc3)[C@H](c3ccccc3)NC2=O)c2cc(Br)ccc21. The number of halogens is 1. The number of aliphatic carboxylic acids is 1. The average Bonchev–Trinajstić information content (AvgIpc) is 3.16. The second kappa shape index (κ2) is 8.67. The molecule has 4 aromatic rings. The van der Waals surface area contributed by atoms with Crippen molar-refractivity contribution >= 4 is 44.4 Å². The van der Waals surface area contributed by atoms with Crippen molar-refractivity contribution in [1.82, 2.24) is 9.88 Å². The number of amides is 1. The number of nitrogens with zero attached hydrogens (tertiary/aromatic N) is 2. The molecule has 0 unspecified atom stereocenters. The predicted molar refractivity (Wildman–Crippen MR) is 130 cm³/mol. The summed E-state index contributed by atoms with van der Waals surface area (Å²) in [6.45, 7) is -0.207. The van der Waals surface area contributed by atoms with Crippen LogP contribution in [0.3, 0.4) is 0 Å². The summed E-state index contributed by atoms with van der Waals surface area (Å²) in [7, 11) is 0. The Morgan fingerprint density at radius 2 is 1.67 bits per heavy atom. The van der Waals surface area contributed by atoms with Crippen LogP contribution in [0.15, 0.2) is 94.5 Å². The quantitative estimate of drug-likeness (QED) is 0.408. The van der Waals surface area contributed by atoms with Crippen LogP contribution in [-0.4, -0.2) is 27.3 Å². The topological polar surface area (TPSA) is 83.7 Å². The van der Waals surface area contributed by atoms with Crippen molar-refractivity contribution in [2.24, 2.45) is 4.99 Å². The number of aliphatic imine (C=N–C) groups is 1. The molecule has 0 fully saturated rings. The van der Waals surface area contributed by atoms with E-state index in [1.165, 1.54) is 0 Å². The summed E-state index contributed by atoms with van der Waals surface area (Å²) in [5.74, 6) is -1.24. The number of carbonyl (C=O) groups excluding carboxylic acids is 1. The highest BCUT2D eigenvalue weighted by Gasteiger charge is 2.34. The summed E-state index contributed by atoms with van der Waals surface area (Å²) in [6.07, 6.45) is 1.70. The van der Waals surface area contributed by atoms with Crippen molar-refractivity contribution in [3.8, 4) is 0 Å². The molecule has 3 aromatic carbocycles. The summed E-state index contributed by atoms with van der Waals surface area (Å²) in [5.41, 5.74) is 3.59. The first-order valence-corrected chi connectivity index (χ1v) is 11.3. The lowest BCUT2D eigenvalue weighted by Gasteiger charge is -2.31. The number of hydrogen-bond acceptors (Lipinski definition) is 3. The maximum absolute atomic E-state index is 13.3. The zero-order chi connectivity index (χ0) is 22.9. The van der Waals surface area contributed by atoms with Crippen LogP contribution in [0.2, 0.25) is 0 Å². The fraction of sp³-hybridized carbons (Fsp3) is 0.115. The van der Waals surface area contributed by atoms with Gasteiger partial charge in [-0.1, -0.05) is 76.6 Å². The Hall–Kier alpha value is -3.71. The molecule has 2 atom stereocenters. The molecule has 7 heteroatoms. The summed E-state index contributed by atoms with van der Waals surface area (Å²) in [4.78, 5) is 29.7. The number of fused-ring (bicyclic) bond motifs is 1. The third kappa shape index (κ3) is 4.07. The Labute approximate surface area is 198 Å². The first-order valence-electron chi connectivity index (χ1n) is 10.5. The van der Waals surface area contributed by atoms with E-state index in [0.29, 0.717) is 11.3 Å². The van der Waals surface area contributed by atoms with Gasteiger partial charge in [0.25, 0.3) is 5.91 Å². The van der Waals surface area contributed by atoms with Gasteiger partial charge in [0.15, 0.2) is 0 Å². The molecule has 1 aliphatic rings. The smallest absolute Gasteiger partial charge is 0.323 e. The highest BCUT2D eigenvalue weighted by Crippen LogP contribution is 2.36. The van der Waals surface area contributed by atoms with Crippen molar-refractivity contribution in [3.63, 3.8) is 0 Å². The van der Waals surface area contributed by atoms with E-state index < -0.39 is 5.97 Å². The van der Waals surface area contributed by atoms with E-state index in [-0.39, 0.29) is 24.5 Å². The summed E-state index contributed by atoms with van der Waals surface area (Å²) >= 11 is 3.49. The zero-order valence-electron chi connectivity index (χ0n) is 17.5. The number of carboxylic acids is 1. The summed E-state index contributed by atoms with van der Waals surface area (Å²) in [6, 6.07) is 24.6. The van der Waals surface area contributed by atoms with Crippen molar-refractivity contribution in [1.29, 1.82) is 0 Å². The Morgan fingerprint density at radius 1 is 1.00 bits per heavy atom. The van der Waals surface area contributed by atoms with Gasteiger partial charge in [0.1, 0.15) is 18.3 Å². The van der Waals surface area contributed by atoms with Gasteiger partial charge in [-0.3, -0.25) is 14.6 Å². The molecule has 6 nitrogen and oxygen atoms in total. The lowest BCUT2D eigenvalue weighted by molar-refractivity contribution is -0.137. The van der Waals surface area contributed by atoms with Gasteiger partial charge in [-0.05, 0) is 29.3 Å². The Balaban J connectivity index is 1.69. The summed E-state index contributed by atoms with van der Waals surface area (Å²) in [5, 5.41) is 13.3. The van der Waals surface area contributed by atoms with E-state index in [1.807, 2.05) is 78.9 Å². The lowest BCUT2D eigenvalue weighted by atomic mass is 9.91. The lowest BCUT2D eigenvalue weighted by Crippen LogP contribution is -2.42. The largest absolute Gasteiger partial charge is 0.480 e. The third-order valence-electron chi connectivity index (χ3n) is 5.79. The molecule has 164 valence electrons. The minimum atomic E-state index is -0.956. The molecule has 1 amide bonds. The van der Waals surface area contributed by atoms with E-state index in [2.05, 4.69) is 21.2 Å². The van der Waals surface area contributed by atoms with Gasteiger partial charge in [-0.15, -0.1) is 0 Å². The number of rotatable bonds is 5. The molecule has 2 N–H and O–H groups in total. The van der Waals surface area contributed by atoms with Crippen LogP contribution in [-0.2, 0) is 16.1 Å². The first kappa shape index (κ1) is 21.2. The van der Waals surface area contributed by atoms with Crippen molar-refractivity contribution in [2.75, 3.05) is 0 Å². The molecule has 0 spiro atoms. The van der Waals surface area contributed by atoms with Crippen LogP contribution in [0.1, 0.15) is 28.8 Å². The number of benzene rings is 3. The zero-order valence-corrected chi connectivity index (χ0v) is 19.1. The fourth-order valence-corrected chi connectivity index (χ4v) is 4.69. The van der Waals surface area contributed by atoms with Crippen molar-refractivity contribution in [2.45, 2.75) is 18.6 Å². The molecule has 0 aliphatic carbocycles. The molecular weight excluding hydrogens is 482 g/mol. The van der Waals surface area contributed by atoms with E-state index >= 15 is 0 Å². The Morgan fingerprint density at radius 3 is 2.33 bits per heavy atom. The van der Waals surface area contributed by atoms with E-state index in [4.69, 9.17) is 4.99 Å². The highest BCUT2D eigenvalue weighted by molar-refractivity contribution is 9.10. The molecule has 1 aliphatic heterocycles. The van der Waals surface area contributed by atoms with E-state index in [1.54, 1.807) is 10.8 Å². The standard InChI is InChI=1S/C26H20BrN3O3/c27-18-11-12-21-19(13-18)20(14-30(21)15-22(31)32)25-26(33)29-24(17-9-5-2-6-10-17)23(28-25)16-7-3-1-4-8-16/h1-14,23-24H,15H2,(H,29,33)(H,31,32)/t23-,24-/m0/s1. The second-order valence-corrected chi connectivity index (χ2v) is 8.84. The number of carbonyl (C=O) groups is 2. The fourth-order valence-electron chi connectivity index (χ4n) is 4.33. The van der Waals surface area contributed by atoms with E-state index in [0.717, 1.165) is 26.5 Å². The van der Waals surface area contributed by atoms with Gasteiger partial charge >= 0.3 is 5.97 Å². The van der Waals surface area contributed by atoms with Crippen molar-refractivity contribution < 1.29 is 14.7 Å². The van der Waals surface area contributed by atoms with Gasteiger partial charge in [0.05, 0.1) is 6.04 Å². The molecule has 0 radical (unpaired) electrons. The molecule has 0 bridgehead atoms. The van der Waals surface area contributed by atoms with Gasteiger partial charge in [0, 0.05) is 27.1 Å². The normalized spacial score (nSPS) is 18.1. The van der Waals surface area contributed by atoms with Gasteiger partial charge in [-0.25, -0.2) is 0 Å². The van der Waals surface area contributed by atoms with Gasteiger partial charge < -0.3 is 15.0 Å². The highest BCUT2D eigenvalue weighted by atomic mass is 79.9. The van der Waals surface area contributed by atoms with Crippen LogP contribution in [0.25, 0.3) is 10.9 Å². The Kier molecular flexibility index (Phi) is 5.56. The monoisotopic (exact) mass is 501 g/mol. The van der Waals surface area contributed by atoms with Crippen LogP contribution in [0.5, 0.6) is 0 Å². The molecule has 5 rings (SSSR count). The molecule has 33 heavy (non-hydrogen) atoms. The Bertz CT molecular complexity index is 1380. The maximum Gasteiger partial charge on any atom is 0.323 e. The maximum atomic E-state index is 13.3. The minimum absolute atomic E-state index is 0.207. The summed E-state index contributed by atoms with van der Waals surface area (Å²) < 4.78 is 2.47. The van der Waals surface area contributed by atoms with Crippen molar-refractivity contribution in [3.05, 3.63) is 106 Å². The van der Waals surface area contributed by atoms with Crippen LogP contribution in [0, 0.1) is 0 Å². The third-order valence-corrected chi connectivity index (χ3v) is 6.28. The van der Waals surface area contributed by atoms with Gasteiger partial charge in [0.2, 0.25) is 0 Å². The number of aromatic nitrogens is 1. The molecule has 0 saturated carbocycles. The van der Waals surface area contributed by atoms with Crippen LogP contribution in [0.4, 0.5) is 0 Å². The first-order chi connectivity index (χ1) is 16.0. The molecule has 2 heterocycles. The number of nitrogens with one attached hydrogen (secondary N) is 1. The van der Waals surface area contributed by atoms with Crippen LogP contribution < -0.4 is 5.32 Å². The average molecular weight is 502 g/mol. The predicted octanol–water partition coefficient (Wildman–Crippen LogP) is 4.89. The molecule has 0 saturated heterocycles. The van der Waals surface area contributed by atoms with Gasteiger partial charge in [-0.2, -0.15) is 0 Å².